The van der Waals surface area contributed by atoms with Crippen LogP contribution >= 0.6 is 11.3 Å². The van der Waals surface area contributed by atoms with Gasteiger partial charge in [0.15, 0.2) is 0 Å². The summed E-state index contributed by atoms with van der Waals surface area (Å²) < 4.78 is 5.54. The molecular formula is C27H34N4O3S. The molecule has 1 aromatic carbocycles. The van der Waals surface area contributed by atoms with Gasteiger partial charge in [-0.25, -0.2) is 4.98 Å². The molecule has 2 saturated heterocycles. The Balaban J connectivity index is 1.36. The maximum absolute atomic E-state index is 13.9. The standard InChI is InChI=1S/C27H34N4O3S/c1-3-17(2)25(32)30-23(18-10-13-34-14-11-18)27(33)31-12-6-9-22(31)26-29-21(16-35-26)24-20-8-5-4-7-19(20)15-28-24/h4-5,7-8,16-18,22-23H,3,6,9-15H2,1-2H3,(H,30,32)/t17-,22+,23+/m1/s1. The fraction of sp³-hybridized carbons (Fsp3) is 0.556. The predicted molar refractivity (Wildman–Crippen MR) is 137 cm³/mol. The quantitative estimate of drug-likeness (QED) is 0.628. The van der Waals surface area contributed by atoms with Crippen LogP contribution in [-0.4, -0.2) is 53.2 Å². The minimum absolute atomic E-state index is 0.0244. The zero-order chi connectivity index (χ0) is 24.4. The van der Waals surface area contributed by atoms with Crippen LogP contribution < -0.4 is 5.32 Å². The Labute approximate surface area is 211 Å². The molecular weight excluding hydrogens is 460 g/mol. The van der Waals surface area contributed by atoms with Crippen LogP contribution in [-0.2, 0) is 20.9 Å². The number of carbonyl (C=O) groups is 2. The summed E-state index contributed by atoms with van der Waals surface area (Å²) in [6.07, 6.45) is 4.16. The summed E-state index contributed by atoms with van der Waals surface area (Å²) in [7, 11) is 0. The number of benzene rings is 1. The van der Waals surface area contributed by atoms with Crippen LogP contribution in [0.3, 0.4) is 0 Å². The molecule has 5 rings (SSSR count). The molecule has 186 valence electrons. The number of fused-ring (bicyclic) bond motifs is 1. The topological polar surface area (TPSA) is 83.9 Å². The Hall–Kier alpha value is -2.58. The first-order chi connectivity index (χ1) is 17.1. The van der Waals surface area contributed by atoms with Gasteiger partial charge in [0.05, 0.1) is 18.3 Å². The maximum Gasteiger partial charge on any atom is 0.246 e. The van der Waals surface area contributed by atoms with E-state index in [0.717, 1.165) is 54.1 Å². The van der Waals surface area contributed by atoms with Crippen molar-refractivity contribution in [3.63, 3.8) is 0 Å². The van der Waals surface area contributed by atoms with Crippen molar-refractivity contribution >= 4 is 28.9 Å². The molecule has 0 saturated carbocycles. The molecule has 0 unspecified atom stereocenters. The average molecular weight is 495 g/mol. The van der Waals surface area contributed by atoms with Crippen LogP contribution in [0, 0.1) is 11.8 Å². The highest BCUT2D eigenvalue weighted by molar-refractivity contribution is 7.10. The minimum atomic E-state index is -0.508. The van der Waals surface area contributed by atoms with Crippen molar-refractivity contribution in [2.45, 2.75) is 64.6 Å². The Morgan fingerprint density at radius 3 is 2.83 bits per heavy atom. The number of likely N-dealkylation sites (tertiary alicyclic amines) is 1. The number of nitrogens with zero attached hydrogens (tertiary/aromatic N) is 3. The summed E-state index contributed by atoms with van der Waals surface area (Å²) in [4.78, 5) is 38.4. The lowest BCUT2D eigenvalue weighted by molar-refractivity contribution is -0.140. The number of ether oxygens (including phenoxy) is 1. The number of hydrogen-bond acceptors (Lipinski definition) is 6. The van der Waals surface area contributed by atoms with Gasteiger partial charge in [-0.2, -0.15) is 0 Å². The molecule has 3 aliphatic rings. The zero-order valence-corrected chi connectivity index (χ0v) is 21.4. The molecule has 35 heavy (non-hydrogen) atoms. The first-order valence-corrected chi connectivity index (χ1v) is 13.7. The lowest BCUT2D eigenvalue weighted by Gasteiger charge is -2.35. The summed E-state index contributed by atoms with van der Waals surface area (Å²) in [5.41, 5.74) is 4.21. The molecule has 7 nitrogen and oxygen atoms in total. The van der Waals surface area contributed by atoms with Crippen molar-refractivity contribution in [3.05, 3.63) is 51.5 Å². The largest absolute Gasteiger partial charge is 0.381 e. The van der Waals surface area contributed by atoms with E-state index in [0.29, 0.717) is 26.3 Å². The summed E-state index contributed by atoms with van der Waals surface area (Å²) >= 11 is 1.61. The molecule has 0 radical (unpaired) electrons. The second kappa shape index (κ2) is 10.6. The highest BCUT2D eigenvalue weighted by Gasteiger charge is 2.40. The van der Waals surface area contributed by atoms with Crippen molar-refractivity contribution in [1.82, 2.24) is 15.2 Å². The molecule has 2 fully saturated rings. The number of thiazole rings is 1. The van der Waals surface area contributed by atoms with Crippen molar-refractivity contribution in [1.29, 1.82) is 0 Å². The summed E-state index contributed by atoms with van der Waals surface area (Å²) in [5.74, 6) is -0.0308. The molecule has 0 bridgehead atoms. The lowest BCUT2D eigenvalue weighted by atomic mass is 9.90. The zero-order valence-electron chi connectivity index (χ0n) is 20.5. The maximum atomic E-state index is 13.9. The van der Waals surface area contributed by atoms with Gasteiger partial charge < -0.3 is 15.0 Å². The molecule has 1 N–H and O–H groups in total. The van der Waals surface area contributed by atoms with E-state index < -0.39 is 6.04 Å². The third-order valence-electron chi connectivity index (χ3n) is 7.63. The molecule has 8 heteroatoms. The number of carbonyl (C=O) groups excluding carboxylic acids is 2. The van der Waals surface area contributed by atoms with Crippen LogP contribution in [0.1, 0.15) is 73.8 Å². The van der Waals surface area contributed by atoms with Crippen molar-refractivity contribution in [2.24, 2.45) is 16.8 Å². The van der Waals surface area contributed by atoms with Gasteiger partial charge in [-0.3, -0.25) is 14.6 Å². The van der Waals surface area contributed by atoms with E-state index >= 15 is 0 Å². The van der Waals surface area contributed by atoms with Crippen LogP contribution in [0.15, 0.2) is 34.6 Å². The molecule has 0 spiro atoms. The summed E-state index contributed by atoms with van der Waals surface area (Å²) in [6, 6.07) is 7.73. The Kier molecular flexibility index (Phi) is 7.29. The molecule has 3 atom stereocenters. The van der Waals surface area contributed by atoms with Crippen molar-refractivity contribution < 1.29 is 14.3 Å². The van der Waals surface area contributed by atoms with Gasteiger partial charge in [-0.1, -0.05) is 38.1 Å². The first-order valence-electron chi connectivity index (χ1n) is 12.8. The SMILES string of the molecule is CC[C@@H](C)C(=O)N[C@H](C(=O)N1CCC[C@H]1c1nc(C2=NCc3ccccc32)cs1)C1CCOCC1. The van der Waals surface area contributed by atoms with Crippen LogP contribution in [0.25, 0.3) is 0 Å². The van der Waals surface area contributed by atoms with Gasteiger partial charge in [0.1, 0.15) is 16.7 Å². The average Bonchev–Trinajstić information content (AvgIpc) is 3.65. The van der Waals surface area contributed by atoms with Gasteiger partial charge in [0.25, 0.3) is 0 Å². The predicted octanol–water partition coefficient (Wildman–Crippen LogP) is 4.12. The van der Waals surface area contributed by atoms with E-state index in [4.69, 9.17) is 14.7 Å². The fourth-order valence-corrected chi connectivity index (χ4v) is 6.23. The monoisotopic (exact) mass is 494 g/mol. The third-order valence-corrected chi connectivity index (χ3v) is 8.57. The number of aliphatic imine (C=N–C) groups is 1. The van der Waals surface area contributed by atoms with Gasteiger partial charge in [-0.15, -0.1) is 11.3 Å². The van der Waals surface area contributed by atoms with Gasteiger partial charge in [0, 0.05) is 36.6 Å². The van der Waals surface area contributed by atoms with Gasteiger partial charge in [0.2, 0.25) is 11.8 Å². The number of rotatable bonds is 7. The minimum Gasteiger partial charge on any atom is -0.381 e. The first kappa shape index (κ1) is 24.1. The van der Waals surface area contributed by atoms with E-state index in [2.05, 4.69) is 22.8 Å². The Morgan fingerprint density at radius 1 is 1.23 bits per heavy atom. The van der Waals surface area contributed by atoms with E-state index in [1.807, 2.05) is 30.9 Å². The van der Waals surface area contributed by atoms with E-state index in [1.54, 1.807) is 11.3 Å². The van der Waals surface area contributed by atoms with E-state index in [1.165, 1.54) is 5.56 Å². The normalized spacial score (nSPS) is 21.9. The van der Waals surface area contributed by atoms with Crippen molar-refractivity contribution in [2.75, 3.05) is 19.8 Å². The molecule has 0 aliphatic carbocycles. The Bertz CT molecular complexity index is 1110. The Morgan fingerprint density at radius 2 is 2.03 bits per heavy atom. The number of hydrogen-bond donors (Lipinski definition) is 1. The number of nitrogens with one attached hydrogen (secondary N) is 1. The molecule has 3 aliphatic heterocycles. The molecule has 2 amide bonds. The second-order valence-corrected chi connectivity index (χ2v) is 10.7. The smallest absolute Gasteiger partial charge is 0.246 e. The fourth-order valence-electron chi connectivity index (χ4n) is 5.28. The van der Waals surface area contributed by atoms with Crippen LogP contribution in [0.4, 0.5) is 0 Å². The van der Waals surface area contributed by atoms with Gasteiger partial charge >= 0.3 is 0 Å². The number of amides is 2. The molecule has 1 aromatic heterocycles. The second-order valence-electron chi connectivity index (χ2n) is 9.83. The third kappa shape index (κ3) is 4.91. The lowest BCUT2D eigenvalue weighted by Crippen LogP contribution is -2.54. The highest BCUT2D eigenvalue weighted by Crippen LogP contribution is 2.36. The number of aromatic nitrogens is 1. The van der Waals surface area contributed by atoms with Gasteiger partial charge in [-0.05, 0) is 43.6 Å². The van der Waals surface area contributed by atoms with Crippen LogP contribution in [0.2, 0.25) is 0 Å². The molecule has 4 heterocycles. The van der Waals surface area contributed by atoms with E-state index in [-0.39, 0.29) is 29.7 Å². The summed E-state index contributed by atoms with van der Waals surface area (Å²) in [5, 5.41) is 6.15. The highest BCUT2D eigenvalue weighted by atomic mass is 32.1. The van der Waals surface area contributed by atoms with Crippen LogP contribution in [0.5, 0.6) is 0 Å². The molecule has 2 aromatic rings. The summed E-state index contributed by atoms with van der Waals surface area (Å²) in [6.45, 7) is 6.57. The van der Waals surface area contributed by atoms with Crippen molar-refractivity contribution in [3.8, 4) is 0 Å². The van der Waals surface area contributed by atoms with E-state index in [9.17, 15) is 9.59 Å².